The second kappa shape index (κ2) is 4.50. The van der Waals surface area contributed by atoms with Gasteiger partial charge in [0.2, 0.25) is 0 Å². The Morgan fingerprint density at radius 2 is 2.18 bits per heavy atom. The molecule has 2 aromatic heterocycles. The summed E-state index contributed by atoms with van der Waals surface area (Å²) in [4.78, 5) is 8.88. The molecule has 6 nitrogen and oxygen atoms in total. The lowest BCUT2D eigenvalue weighted by atomic mass is 10.1. The Labute approximate surface area is 99.9 Å². The third-order valence-corrected chi connectivity index (χ3v) is 2.67. The standard InChI is InChI=1S/C11H16N6/c1-4-9-7(2)14-10(15-11(9)16-12)8-5-13-17(3)6-8/h5-6H,4,12H2,1-3H3,(H,14,15,16). The number of aryl methyl sites for hydroxylation is 2. The van der Waals surface area contributed by atoms with Gasteiger partial charge in [0.1, 0.15) is 5.82 Å². The number of hydrazine groups is 1. The maximum atomic E-state index is 5.49. The first-order valence-electron chi connectivity index (χ1n) is 5.48. The van der Waals surface area contributed by atoms with E-state index in [1.807, 2.05) is 20.2 Å². The average Bonchev–Trinajstić information content (AvgIpc) is 2.74. The number of nitrogens with one attached hydrogen (secondary N) is 1. The van der Waals surface area contributed by atoms with Crippen LogP contribution in [0.25, 0.3) is 11.4 Å². The molecule has 2 aromatic rings. The molecule has 0 fully saturated rings. The number of anilines is 1. The molecule has 0 saturated heterocycles. The summed E-state index contributed by atoms with van der Waals surface area (Å²) < 4.78 is 1.72. The van der Waals surface area contributed by atoms with Gasteiger partial charge in [-0.2, -0.15) is 5.10 Å². The Kier molecular flexibility index (Phi) is 3.06. The van der Waals surface area contributed by atoms with Gasteiger partial charge in [0.15, 0.2) is 5.82 Å². The molecule has 0 unspecified atom stereocenters. The van der Waals surface area contributed by atoms with Crippen molar-refractivity contribution in [3.8, 4) is 11.4 Å². The number of hydrogen-bond acceptors (Lipinski definition) is 5. The van der Waals surface area contributed by atoms with E-state index < -0.39 is 0 Å². The normalized spacial score (nSPS) is 10.6. The lowest BCUT2D eigenvalue weighted by molar-refractivity contribution is 0.768. The fraction of sp³-hybridized carbons (Fsp3) is 0.364. The molecule has 0 radical (unpaired) electrons. The van der Waals surface area contributed by atoms with Gasteiger partial charge in [-0.3, -0.25) is 4.68 Å². The molecule has 0 spiro atoms. The van der Waals surface area contributed by atoms with E-state index in [-0.39, 0.29) is 0 Å². The first kappa shape index (κ1) is 11.5. The highest BCUT2D eigenvalue weighted by atomic mass is 15.3. The summed E-state index contributed by atoms with van der Waals surface area (Å²) in [5.41, 5.74) is 5.49. The molecule has 0 bridgehead atoms. The lowest BCUT2D eigenvalue weighted by Gasteiger charge is -2.10. The van der Waals surface area contributed by atoms with Crippen LogP contribution in [0.4, 0.5) is 5.82 Å². The zero-order chi connectivity index (χ0) is 12.4. The minimum atomic E-state index is 0.640. The molecule has 0 amide bonds. The van der Waals surface area contributed by atoms with Crippen molar-refractivity contribution >= 4 is 5.82 Å². The molecule has 90 valence electrons. The van der Waals surface area contributed by atoms with Gasteiger partial charge < -0.3 is 5.43 Å². The van der Waals surface area contributed by atoms with Gasteiger partial charge in [-0.1, -0.05) is 6.92 Å². The summed E-state index contributed by atoms with van der Waals surface area (Å²) in [6.07, 6.45) is 4.46. The number of nitrogens with zero attached hydrogens (tertiary/aromatic N) is 4. The molecule has 0 aromatic carbocycles. The van der Waals surface area contributed by atoms with Crippen LogP contribution in [-0.4, -0.2) is 19.7 Å². The van der Waals surface area contributed by atoms with Crippen molar-refractivity contribution in [1.82, 2.24) is 19.7 Å². The second-order valence-electron chi connectivity index (χ2n) is 3.86. The minimum absolute atomic E-state index is 0.640. The molecule has 2 heterocycles. The fourth-order valence-corrected chi connectivity index (χ4v) is 1.80. The molecule has 17 heavy (non-hydrogen) atoms. The monoisotopic (exact) mass is 232 g/mol. The van der Waals surface area contributed by atoms with Crippen LogP contribution in [0.2, 0.25) is 0 Å². The van der Waals surface area contributed by atoms with Crippen molar-refractivity contribution in [3.05, 3.63) is 23.7 Å². The van der Waals surface area contributed by atoms with E-state index >= 15 is 0 Å². The molecular weight excluding hydrogens is 216 g/mol. The predicted molar refractivity (Wildman–Crippen MR) is 66.2 cm³/mol. The van der Waals surface area contributed by atoms with Gasteiger partial charge in [-0.25, -0.2) is 15.8 Å². The molecule has 2 rings (SSSR count). The van der Waals surface area contributed by atoms with Gasteiger partial charge in [-0.05, 0) is 13.3 Å². The molecule has 0 aliphatic rings. The summed E-state index contributed by atoms with van der Waals surface area (Å²) in [6, 6.07) is 0. The van der Waals surface area contributed by atoms with E-state index in [0.29, 0.717) is 11.6 Å². The predicted octanol–water partition coefficient (Wildman–Crippen LogP) is 1.03. The van der Waals surface area contributed by atoms with E-state index in [2.05, 4.69) is 27.4 Å². The Morgan fingerprint density at radius 3 is 2.71 bits per heavy atom. The van der Waals surface area contributed by atoms with Crippen LogP contribution in [0, 0.1) is 6.92 Å². The van der Waals surface area contributed by atoms with Gasteiger partial charge >= 0.3 is 0 Å². The number of aromatic nitrogens is 4. The van der Waals surface area contributed by atoms with Crippen molar-refractivity contribution in [2.24, 2.45) is 12.9 Å². The van der Waals surface area contributed by atoms with E-state index in [4.69, 9.17) is 5.84 Å². The van der Waals surface area contributed by atoms with Crippen LogP contribution < -0.4 is 11.3 Å². The average molecular weight is 232 g/mol. The Bertz CT molecular complexity index is 531. The van der Waals surface area contributed by atoms with Crippen LogP contribution >= 0.6 is 0 Å². The highest BCUT2D eigenvalue weighted by Gasteiger charge is 2.11. The van der Waals surface area contributed by atoms with Crippen LogP contribution in [0.3, 0.4) is 0 Å². The van der Waals surface area contributed by atoms with Gasteiger partial charge in [0.25, 0.3) is 0 Å². The number of hydrogen-bond donors (Lipinski definition) is 2. The molecule has 0 saturated carbocycles. The van der Waals surface area contributed by atoms with E-state index in [0.717, 1.165) is 23.2 Å². The summed E-state index contributed by atoms with van der Waals surface area (Å²) in [7, 11) is 1.86. The van der Waals surface area contributed by atoms with Crippen molar-refractivity contribution in [2.75, 3.05) is 5.43 Å². The summed E-state index contributed by atoms with van der Waals surface area (Å²) in [5.74, 6) is 6.81. The number of nitrogen functional groups attached to an aromatic ring is 1. The van der Waals surface area contributed by atoms with Crippen molar-refractivity contribution in [2.45, 2.75) is 20.3 Å². The van der Waals surface area contributed by atoms with Crippen molar-refractivity contribution in [3.63, 3.8) is 0 Å². The van der Waals surface area contributed by atoms with Crippen LogP contribution in [0.5, 0.6) is 0 Å². The number of nitrogens with two attached hydrogens (primary N) is 1. The number of rotatable bonds is 3. The molecule has 3 N–H and O–H groups in total. The maximum absolute atomic E-state index is 5.49. The molecule has 0 atom stereocenters. The SMILES string of the molecule is CCc1c(C)nc(-c2cnn(C)c2)nc1NN. The summed E-state index contributed by atoms with van der Waals surface area (Å²) in [5, 5.41) is 4.11. The largest absolute Gasteiger partial charge is 0.308 e. The van der Waals surface area contributed by atoms with Crippen molar-refractivity contribution in [1.29, 1.82) is 0 Å². The maximum Gasteiger partial charge on any atom is 0.165 e. The Balaban J connectivity index is 2.53. The van der Waals surface area contributed by atoms with Gasteiger partial charge in [0, 0.05) is 24.5 Å². The molecule has 0 aliphatic carbocycles. The van der Waals surface area contributed by atoms with Crippen LogP contribution in [0.15, 0.2) is 12.4 Å². The molecule has 0 aliphatic heterocycles. The van der Waals surface area contributed by atoms with E-state index in [9.17, 15) is 0 Å². The second-order valence-corrected chi connectivity index (χ2v) is 3.86. The first-order valence-corrected chi connectivity index (χ1v) is 5.48. The van der Waals surface area contributed by atoms with Gasteiger partial charge in [0.05, 0.1) is 11.8 Å². The van der Waals surface area contributed by atoms with Crippen LogP contribution in [-0.2, 0) is 13.5 Å². The highest BCUT2D eigenvalue weighted by Crippen LogP contribution is 2.21. The Morgan fingerprint density at radius 1 is 1.41 bits per heavy atom. The topological polar surface area (TPSA) is 81.7 Å². The zero-order valence-corrected chi connectivity index (χ0v) is 10.2. The van der Waals surface area contributed by atoms with Crippen molar-refractivity contribution < 1.29 is 0 Å². The van der Waals surface area contributed by atoms with E-state index in [1.54, 1.807) is 10.9 Å². The van der Waals surface area contributed by atoms with E-state index in [1.165, 1.54) is 0 Å². The quantitative estimate of drug-likeness (QED) is 0.610. The van der Waals surface area contributed by atoms with Gasteiger partial charge in [-0.15, -0.1) is 0 Å². The molecule has 6 heteroatoms. The Hall–Kier alpha value is -1.95. The minimum Gasteiger partial charge on any atom is -0.308 e. The van der Waals surface area contributed by atoms with Crippen LogP contribution in [0.1, 0.15) is 18.2 Å². The zero-order valence-electron chi connectivity index (χ0n) is 10.2. The third kappa shape index (κ3) is 2.12. The first-order chi connectivity index (χ1) is 8.15. The smallest absolute Gasteiger partial charge is 0.165 e. The fourth-order valence-electron chi connectivity index (χ4n) is 1.80. The molecular formula is C11H16N6. The summed E-state index contributed by atoms with van der Waals surface area (Å²) in [6.45, 7) is 4.01. The highest BCUT2D eigenvalue weighted by molar-refractivity contribution is 5.58. The third-order valence-electron chi connectivity index (χ3n) is 2.67. The summed E-state index contributed by atoms with van der Waals surface area (Å²) >= 11 is 0. The lowest BCUT2D eigenvalue weighted by Crippen LogP contribution is -2.13.